The Balaban J connectivity index is 2.36. The predicted molar refractivity (Wildman–Crippen MR) is 54.9 cm³/mol. The highest BCUT2D eigenvalue weighted by Gasteiger charge is 2.00. The molecule has 0 unspecified atom stereocenters. The second-order valence-electron chi connectivity index (χ2n) is 2.86. The van der Waals surface area contributed by atoms with Crippen molar-refractivity contribution in [3.63, 3.8) is 0 Å². The highest BCUT2D eigenvalue weighted by molar-refractivity contribution is 5.86. The summed E-state index contributed by atoms with van der Waals surface area (Å²) in [6.07, 6.45) is 2.81. The second-order valence-corrected chi connectivity index (χ2v) is 2.86. The van der Waals surface area contributed by atoms with E-state index in [9.17, 15) is 4.79 Å². The maximum Gasteiger partial charge on any atom is 0.332 e. The fourth-order valence-electron chi connectivity index (χ4n) is 1.20. The number of esters is 1. The van der Waals surface area contributed by atoms with Crippen LogP contribution in [0.25, 0.3) is 17.2 Å². The number of methoxy groups -OCH3 is 1. The number of rotatable bonds is 2. The van der Waals surface area contributed by atoms with E-state index in [1.807, 2.05) is 24.3 Å². The van der Waals surface area contributed by atoms with Crippen molar-refractivity contribution in [1.29, 1.82) is 0 Å². The van der Waals surface area contributed by atoms with Crippen molar-refractivity contribution in [2.75, 3.05) is 7.11 Å². The molecular formula is C10H9N3O2. The Kier molecular flexibility index (Phi) is 2.45. The van der Waals surface area contributed by atoms with Crippen LogP contribution in [0.5, 0.6) is 0 Å². The van der Waals surface area contributed by atoms with Crippen LogP contribution in [0.15, 0.2) is 30.3 Å². The van der Waals surface area contributed by atoms with Crippen LogP contribution < -0.4 is 0 Å². The van der Waals surface area contributed by atoms with Gasteiger partial charge in [-0.3, -0.25) is 0 Å². The van der Waals surface area contributed by atoms with Crippen LogP contribution in [0.3, 0.4) is 0 Å². The molecule has 0 saturated carbocycles. The Bertz CT molecular complexity index is 516. The Morgan fingerprint density at radius 2 is 2.27 bits per heavy atom. The van der Waals surface area contributed by atoms with Gasteiger partial charge in [0, 0.05) is 12.3 Å². The first-order valence-electron chi connectivity index (χ1n) is 4.37. The zero-order valence-electron chi connectivity index (χ0n) is 8.12. The second kappa shape index (κ2) is 3.91. The van der Waals surface area contributed by atoms with Gasteiger partial charge in [0.2, 0.25) is 0 Å². The van der Waals surface area contributed by atoms with Gasteiger partial charge in [0.05, 0.1) is 12.6 Å². The smallest absolute Gasteiger partial charge is 0.332 e. The summed E-state index contributed by atoms with van der Waals surface area (Å²) >= 11 is 0. The van der Waals surface area contributed by atoms with E-state index < -0.39 is 5.97 Å². The van der Waals surface area contributed by atoms with Gasteiger partial charge in [-0.15, -0.1) is 5.10 Å². The minimum atomic E-state index is -0.422. The van der Waals surface area contributed by atoms with Gasteiger partial charge in [0.1, 0.15) is 5.52 Å². The molecule has 0 amide bonds. The first-order chi connectivity index (χ1) is 7.31. The summed E-state index contributed by atoms with van der Waals surface area (Å²) in [4.78, 5) is 10.9. The molecule has 0 spiro atoms. The molecule has 0 bridgehead atoms. The van der Waals surface area contributed by atoms with Gasteiger partial charge in [-0.05, 0) is 12.1 Å². The third-order valence-electron chi connectivity index (χ3n) is 1.93. The summed E-state index contributed by atoms with van der Waals surface area (Å²) in [6.45, 7) is 0. The summed E-state index contributed by atoms with van der Waals surface area (Å²) in [6, 6.07) is 7.49. The Morgan fingerprint density at radius 1 is 1.47 bits per heavy atom. The predicted octanol–water partition coefficient (Wildman–Crippen LogP) is 1.07. The molecule has 1 heterocycles. The molecule has 1 aromatic carbocycles. The van der Waals surface area contributed by atoms with Gasteiger partial charge in [-0.2, -0.15) is 0 Å². The molecule has 76 valence electrons. The summed E-state index contributed by atoms with van der Waals surface area (Å²) in [5, 5.41) is 7.81. The Labute approximate surface area is 86.0 Å². The lowest BCUT2D eigenvalue weighted by molar-refractivity contribution is -0.134. The minimum Gasteiger partial charge on any atom is -0.466 e. The van der Waals surface area contributed by atoms with Gasteiger partial charge < -0.3 is 4.74 Å². The van der Waals surface area contributed by atoms with E-state index in [0.717, 1.165) is 11.0 Å². The molecule has 0 fully saturated rings. The summed E-state index contributed by atoms with van der Waals surface area (Å²) in [7, 11) is 1.33. The lowest BCUT2D eigenvalue weighted by atomic mass is 10.3. The average Bonchev–Trinajstić information content (AvgIpc) is 2.69. The number of aromatic nitrogens is 3. The third-order valence-corrected chi connectivity index (χ3v) is 1.93. The molecule has 0 radical (unpaired) electrons. The zero-order valence-corrected chi connectivity index (χ0v) is 8.12. The van der Waals surface area contributed by atoms with Gasteiger partial charge in [-0.1, -0.05) is 17.3 Å². The number of para-hydroxylation sites is 1. The molecule has 5 nitrogen and oxygen atoms in total. The van der Waals surface area contributed by atoms with Gasteiger partial charge >= 0.3 is 5.97 Å². The zero-order chi connectivity index (χ0) is 10.7. The van der Waals surface area contributed by atoms with Crippen molar-refractivity contribution in [3.05, 3.63) is 30.3 Å². The van der Waals surface area contributed by atoms with Gasteiger partial charge in [-0.25, -0.2) is 9.48 Å². The fourth-order valence-corrected chi connectivity index (χ4v) is 1.20. The highest BCUT2D eigenvalue weighted by Crippen LogP contribution is 2.09. The van der Waals surface area contributed by atoms with Crippen molar-refractivity contribution < 1.29 is 9.53 Å². The number of benzene rings is 1. The number of hydrogen-bond acceptors (Lipinski definition) is 4. The minimum absolute atomic E-state index is 0.422. The fraction of sp³-hybridized carbons (Fsp3) is 0.100. The van der Waals surface area contributed by atoms with E-state index >= 15 is 0 Å². The van der Waals surface area contributed by atoms with Crippen LogP contribution in [-0.4, -0.2) is 28.1 Å². The summed E-state index contributed by atoms with van der Waals surface area (Å²) < 4.78 is 5.99. The van der Waals surface area contributed by atoms with E-state index in [0.29, 0.717) is 0 Å². The molecule has 2 aromatic rings. The molecule has 15 heavy (non-hydrogen) atoms. The largest absolute Gasteiger partial charge is 0.466 e. The van der Waals surface area contributed by atoms with E-state index in [1.54, 1.807) is 0 Å². The number of hydrogen-bond donors (Lipinski definition) is 0. The van der Waals surface area contributed by atoms with Crippen molar-refractivity contribution in [3.8, 4) is 0 Å². The molecule has 0 aliphatic carbocycles. The van der Waals surface area contributed by atoms with Crippen molar-refractivity contribution in [2.45, 2.75) is 0 Å². The molecule has 0 saturated heterocycles. The first kappa shape index (κ1) is 9.39. The van der Waals surface area contributed by atoms with E-state index in [-0.39, 0.29) is 0 Å². The lowest BCUT2D eigenvalue weighted by Crippen LogP contribution is -1.96. The van der Waals surface area contributed by atoms with Crippen LogP contribution in [0.1, 0.15) is 0 Å². The summed E-state index contributed by atoms with van der Waals surface area (Å²) in [5.41, 5.74) is 1.63. The van der Waals surface area contributed by atoms with Crippen LogP contribution in [-0.2, 0) is 9.53 Å². The molecule has 5 heteroatoms. The number of ether oxygens (including phenoxy) is 1. The van der Waals surface area contributed by atoms with Gasteiger partial charge in [0.15, 0.2) is 0 Å². The van der Waals surface area contributed by atoms with Crippen LogP contribution in [0, 0.1) is 0 Å². The SMILES string of the molecule is COC(=O)C=Cn1nnc2ccccc21. The Hall–Kier alpha value is -2.17. The molecular weight excluding hydrogens is 194 g/mol. The third kappa shape index (κ3) is 1.85. The van der Waals surface area contributed by atoms with Crippen LogP contribution in [0.4, 0.5) is 0 Å². The molecule has 2 rings (SSSR count). The molecule has 1 aromatic heterocycles. The number of nitrogens with zero attached hydrogens (tertiary/aromatic N) is 3. The van der Waals surface area contributed by atoms with Crippen molar-refractivity contribution in [2.24, 2.45) is 0 Å². The quantitative estimate of drug-likeness (QED) is 0.541. The van der Waals surface area contributed by atoms with Gasteiger partial charge in [0.25, 0.3) is 0 Å². The number of carbonyl (C=O) groups is 1. The topological polar surface area (TPSA) is 57.0 Å². The molecule has 0 aliphatic rings. The monoisotopic (exact) mass is 203 g/mol. The molecule has 0 aliphatic heterocycles. The normalized spacial score (nSPS) is 11.0. The maximum atomic E-state index is 10.9. The van der Waals surface area contributed by atoms with E-state index in [1.165, 1.54) is 24.1 Å². The van der Waals surface area contributed by atoms with Crippen molar-refractivity contribution >= 4 is 23.2 Å². The Morgan fingerprint density at radius 3 is 3.07 bits per heavy atom. The lowest BCUT2D eigenvalue weighted by Gasteiger charge is -1.92. The molecule has 0 atom stereocenters. The van der Waals surface area contributed by atoms with Crippen LogP contribution in [0.2, 0.25) is 0 Å². The van der Waals surface area contributed by atoms with Crippen LogP contribution >= 0.6 is 0 Å². The van der Waals surface area contributed by atoms with E-state index in [2.05, 4.69) is 15.0 Å². The number of fused-ring (bicyclic) bond motifs is 1. The average molecular weight is 203 g/mol. The summed E-state index contributed by atoms with van der Waals surface area (Å²) in [5.74, 6) is -0.422. The standard InChI is InChI=1S/C10H9N3O2/c1-15-10(14)6-7-13-9-5-3-2-4-8(9)11-12-13/h2-7H,1H3. The molecule has 0 N–H and O–H groups in total. The highest BCUT2D eigenvalue weighted by atomic mass is 16.5. The van der Waals surface area contributed by atoms with E-state index in [4.69, 9.17) is 0 Å². The maximum absolute atomic E-state index is 10.9. The number of carbonyl (C=O) groups excluding carboxylic acids is 1. The first-order valence-corrected chi connectivity index (χ1v) is 4.37. The van der Waals surface area contributed by atoms with Crippen molar-refractivity contribution in [1.82, 2.24) is 15.0 Å².